The maximum Gasteiger partial charge on any atom is 0.214 e. The van der Waals surface area contributed by atoms with Gasteiger partial charge in [-0.3, -0.25) is 9.97 Å². The van der Waals surface area contributed by atoms with Gasteiger partial charge in [-0.25, -0.2) is 9.97 Å². The molecule has 1 aliphatic carbocycles. The van der Waals surface area contributed by atoms with Gasteiger partial charge in [-0.2, -0.15) is 0 Å². The first-order chi connectivity index (χ1) is 12.3. The van der Waals surface area contributed by atoms with Crippen LogP contribution in [0.1, 0.15) is 29.8 Å². The lowest BCUT2D eigenvalue weighted by molar-refractivity contribution is 0.288. The van der Waals surface area contributed by atoms with Crippen LogP contribution in [0.25, 0.3) is 11.3 Å². The maximum atomic E-state index is 5.90. The molecule has 26 heavy (non-hydrogen) atoms. The van der Waals surface area contributed by atoms with Gasteiger partial charge in [-0.15, -0.1) is 12.4 Å². The second-order valence-electron chi connectivity index (χ2n) is 5.97. The standard InChI is InChI=1S/C19H17ClN4O.ClH/c20-18-11-22-17(10-23-18)15-9-19(24-16-7-2-1-6-14(15)16)25-12-13-5-3-4-8-21-13;/h3-5,8-11H,1-2,6-7,12H2;1H. The first-order valence-corrected chi connectivity index (χ1v) is 8.71. The van der Waals surface area contributed by atoms with Crippen LogP contribution in [-0.2, 0) is 19.4 Å². The van der Waals surface area contributed by atoms with Gasteiger partial charge < -0.3 is 4.74 Å². The number of rotatable bonds is 4. The van der Waals surface area contributed by atoms with E-state index in [9.17, 15) is 0 Å². The molecule has 0 fully saturated rings. The van der Waals surface area contributed by atoms with E-state index in [4.69, 9.17) is 21.3 Å². The molecule has 0 radical (unpaired) electrons. The van der Waals surface area contributed by atoms with Crippen molar-refractivity contribution in [1.29, 1.82) is 0 Å². The normalized spacial score (nSPS) is 12.8. The third-order valence-electron chi connectivity index (χ3n) is 4.27. The predicted molar refractivity (Wildman–Crippen MR) is 103 cm³/mol. The minimum absolute atomic E-state index is 0. The minimum Gasteiger partial charge on any atom is -0.471 e. The number of halogens is 2. The number of hydrogen-bond donors (Lipinski definition) is 0. The number of nitrogens with zero attached hydrogens (tertiary/aromatic N) is 4. The molecular formula is C19H18Cl2N4O. The van der Waals surface area contributed by atoms with E-state index in [1.165, 1.54) is 5.56 Å². The van der Waals surface area contributed by atoms with Crippen molar-refractivity contribution in [2.45, 2.75) is 32.3 Å². The van der Waals surface area contributed by atoms with Crippen LogP contribution in [0, 0.1) is 0 Å². The average Bonchev–Trinajstić information content (AvgIpc) is 2.67. The van der Waals surface area contributed by atoms with Crippen molar-refractivity contribution < 1.29 is 4.74 Å². The number of ether oxygens (including phenoxy) is 1. The van der Waals surface area contributed by atoms with Crippen LogP contribution < -0.4 is 4.74 Å². The lowest BCUT2D eigenvalue weighted by Gasteiger charge is -2.19. The smallest absolute Gasteiger partial charge is 0.214 e. The molecule has 1 aliphatic rings. The Labute approximate surface area is 163 Å². The maximum absolute atomic E-state index is 5.90. The van der Waals surface area contributed by atoms with E-state index in [1.54, 1.807) is 18.6 Å². The van der Waals surface area contributed by atoms with Crippen LogP contribution in [0.3, 0.4) is 0 Å². The first-order valence-electron chi connectivity index (χ1n) is 8.33. The third-order valence-corrected chi connectivity index (χ3v) is 4.46. The number of pyridine rings is 2. The number of hydrogen-bond acceptors (Lipinski definition) is 5. The molecule has 0 atom stereocenters. The van der Waals surface area contributed by atoms with Crippen LogP contribution in [0.2, 0.25) is 5.15 Å². The molecule has 4 rings (SSSR count). The molecule has 0 N–H and O–H groups in total. The summed E-state index contributed by atoms with van der Waals surface area (Å²) < 4.78 is 5.90. The number of aryl methyl sites for hydroxylation is 1. The summed E-state index contributed by atoms with van der Waals surface area (Å²) in [5.41, 5.74) is 5.04. The van der Waals surface area contributed by atoms with E-state index in [2.05, 4.69) is 15.0 Å². The van der Waals surface area contributed by atoms with Gasteiger partial charge in [0.15, 0.2) is 0 Å². The Bertz CT molecular complexity index is 873. The Morgan fingerprint density at radius 1 is 1.04 bits per heavy atom. The molecule has 0 saturated carbocycles. The zero-order valence-corrected chi connectivity index (χ0v) is 15.6. The molecule has 7 heteroatoms. The lowest BCUT2D eigenvalue weighted by Crippen LogP contribution is -2.10. The average molecular weight is 389 g/mol. The zero-order valence-electron chi connectivity index (χ0n) is 14.1. The third kappa shape index (κ3) is 4.11. The van der Waals surface area contributed by atoms with E-state index >= 15 is 0 Å². The van der Waals surface area contributed by atoms with Crippen molar-refractivity contribution in [2.75, 3.05) is 0 Å². The molecule has 0 unspecified atom stereocenters. The predicted octanol–water partition coefficient (Wildman–Crippen LogP) is 4.47. The Morgan fingerprint density at radius 3 is 2.69 bits per heavy atom. The summed E-state index contributed by atoms with van der Waals surface area (Å²) in [5, 5.41) is 0.387. The van der Waals surface area contributed by atoms with Crippen LogP contribution >= 0.6 is 24.0 Å². The van der Waals surface area contributed by atoms with Crippen LogP contribution in [0.4, 0.5) is 0 Å². The summed E-state index contributed by atoms with van der Waals surface area (Å²) in [7, 11) is 0. The van der Waals surface area contributed by atoms with E-state index < -0.39 is 0 Å². The van der Waals surface area contributed by atoms with Crippen molar-refractivity contribution in [3.8, 4) is 17.1 Å². The zero-order chi connectivity index (χ0) is 17.1. The Kier molecular flexibility index (Phi) is 6.01. The summed E-state index contributed by atoms with van der Waals surface area (Å²) in [5.74, 6) is 0.595. The first kappa shape index (κ1) is 18.5. The highest BCUT2D eigenvalue weighted by Crippen LogP contribution is 2.32. The monoisotopic (exact) mass is 388 g/mol. The molecule has 0 saturated heterocycles. The van der Waals surface area contributed by atoms with Crippen LogP contribution in [-0.4, -0.2) is 19.9 Å². The van der Waals surface area contributed by atoms with Crippen LogP contribution in [0.5, 0.6) is 5.88 Å². The summed E-state index contributed by atoms with van der Waals surface area (Å²) in [6.45, 7) is 0.387. The minimum atomic E-state index is 0. The summed E-state index contributed by atoms with van der Waals surface area (Å²) in [6.07, 6.45) is 9.31. The van der Waals surface area contributed by atoms with Gasteiger partial charge in [0.05, 0.1) is 23.8 Å². The van der Waals surface area contributed by atoms with Crippen LogP contribution in [0.15, 0.2) is 42.9 Å². The lowest BCUT2D eigenvalue weighted by atomic mass is 9.91. The van der Waals surface area contributed by atoms with E-state index in [1.807, 2.05) is 24.3 Å². The van der Waals surface area contributed by atoms with Gasteiger partial charge >= 0.3 is 0 Å². The van der Waals surface area contributed by atoms with Gasteiger partial charge in [0.25, 0.3) is 0 Å². The number of aromatic nitrogens is 4. The van der Waals surface area contributed by atoms with Gasteiger partial charge in [-0.05, 0) is 43.4 Å². The molecule has 3 heterocycles. The molecule has 134 valence electrons. The van der Waals surface area contributed by atoms with Gasteiger partial charge in [0, 0.05) is 23.5 Å². The van der Waals surface area contributed by atoms with Gasteiger partial charge in [-0.1, -0.05) is 17.7 Å². The van der Waals surface area contributed by atoms with Gasteiger partial charge in [0.2, 0.25) is 5.88 Å². The van der Waals surface area contributed by atoms with Crippen molar-refractivity contribution in [3.05, 3.63) is 65.0 Å². The van der Waals surface area contributed by atoms with E-state index in [-0.39, 0.29) is 12.4 Å². The fourth-order valence-corrected chi connectivity index (χ4v) is 3.16. The molecule has 5 nitrogen and oxygen atoms in total. The highest BCUT2D eigenvalue weighted by Gasteiger charge is 2.19. The molecule has 0 aliphatic heterocycles. The second kappa shape index (κ2) is 8.43. The van der Waals surface area contributed by atoms with Crippen molar-refractivity contribution >= 4 is 24.0 Å². The molecule has 0 bridgehead atoms. The fourth-order valence-electron chi connectivity index (χ4n) is 3.06. The fraction of sp³-hybridized carbons (Fsp3) is 0.263. The molecule has 3 aromatic rings. The van der Waals surface area contributed by atoms with Crippen molar-refractivity contribution in [1.82, 2.24) is 19.9 Å². The topological polar surface area (TPSA) is 60.8 Å². The van der Waals surface area contributed by atoms with E-state index in [0.29, 0.717) is 17.6 Å². The van der Waals surface area contributed by atoms with Gasteiger partial charge in [0.1, 0.15) is 11.8 Å². The summed E-state index contributed by atoms with van der Waals surface area (Å²) >= 11 is 5.87. The largest absolute Gasteiger partial charge is 0.471 e. The highest BCUT2D eigenvalue weighted by molar-refractivity contribution is 6.29. The van der Waals surface area contributed by atoms with Crippen molar-refractivity contribution in [3.63, 3.8) is 0 Å². The quantitative estimate of drug-likeness (QED) is 0.659. The summed E-state index contributed by atoms with van der Waals surface area (Å²) in [4.78, 5) is 17.6. The Morgan fingerprint density at radius 2 is 1.92 bits per heavy atom. The molecular weight excluding hydrogens is 371 g/mol. The molecule has 0 spiro atoms. The van der Waals surface area contributed by atoms with E-state index in [0.717, 1.165) is 48.3 Å². The SMILES string of the molecule is Cl.Clc1cnc(-c2cc(OCc3ccccn3)nc3c2CCCC3)cn1. The Balaban J connectivity index is 0.00000196. The molecule has 3 aromatic heterocycles. The highest BCUT2D eigenvalue weighted by atomic mass is 35.5. The molecule has 0 amide bonds. The molecule has 0 aromatic carbocycles. The summed E-state index contributed by atoms with van der Waals surface area (Å²) in [6, 6.07) is 7.72. The Hall–Kier alpha value is -2.24. The number of fused-ring (bicyclic) bond motifs is 1. The van der Waals surface area contributed by atoms with Crippen molar-refractivity contribution in [2.24, 2.45) is 0 Å². The second-order valence-corrected chi connectivity index (χ2v) is 6.36.